The third kappa shape index (κ3) is 30.4. The van der Waals surface area contributed by atoms with Gasteiger partial charge in [-0.15, -0.1) is 0 Å². The summed E-state index contributed by atoms with van der Waals surface area (Å²) in [5.41, 5.74) is 6.41. The fourth-order valence-electron chi connectivity index (χ4n) is 13.9. The molecule has 0 spiro atoms. The monoisotopic (exact) mass is 1580 g/mol. The third-order valence-electron chi connectivity index (χ3n) is 20.3. The Bertz CT molecular complexity index is 3310. The van der Waals surface area contributed by atoms with E-state index in [0.29, 0.717) is 42.4 Å². The molecule has 12 amide bonds. The minimum atomic E-state index is -2.35. The highest BCUT2D eigenvalue weighted by Gasteiger charge is 2.49. The summed E-state index contributed by atoms with van der Waals surface area (Å²) < 4.78 is 0. The van der Waals surface area contributed by atoms with Crippen molar-refractivity contribution in [1.29, 1.82) is 0 Å². The van der Waals surface area contributed by atoms with E-state index in [9.17, 15) is 93.6 Å². The number of nitrogens with one attached hydrogen (secondary N) is 11. The van der Waals surface area contributed by atoms with Gasteiger partial charge >= 0.3 is 0 Å². The van der Waals surface area contributed by atoms with Crippen molar-refractivity contribution in [2.45, 2.75) is 260 Å². The van der Waals surface area contributed by atoms with Crippen LogP contribution in [0.5, 0.6) is 5.75 Å². The standard InChI is InChI=1S/C76H122N14O20S/c1-8-44(4)37-45(5)18-14-11-9-10-12-17-21-60(99)82-54-40-58(97)67(79-33-32-78-59(98)27-31-80-68(102)53(38-47-19-15-13-16-20-47)84-70(104)52(36-43(2)3)83-69(103)51(81-42-91)29-35-111-7)88-74(108)64-57(96)28-34-89(64)76(110)62(56(95)26-30-77)86-73(107)63(66(101)65(100)48-22-24-49(93)25-23-48)87-72(106)55-39-50(94)41-90(55)75(109)61(46(6)92)85-71(54)105/h13,15-16,19-20,22-25,42-46,50-58,61-67,79,92-97,100-101H,8-12,14,17-18,21,26-41,77H2,1-7H3,(H,78,98)(H,80,102)(H,81,91)(H,82,99)(H,83,103)(H,84,104)(H,85,105)(H,86,107)(H,87,106)(H,88,108)/t44-,45+,46+,50+,51-,52-,53-,54-,55-,56+,57-,58+,61-,62-,63-,64-,65-,66-,67-/m0/s1. The average molecular weight is 1580 g/mol. The lowest BCUT2D eigenvalue weighted by Gasteiger charge is -2.35. The van der Waals surface area contributed by atoms with Crippen molar-refractivity contribution in [3.8, 4) is 5.75 Å². The number of thioether (sulfide) groups is 1. The van der Waals surface area contributed by atoms with Crippen LogP contribution in [0.25, 0.3) is 0 Å². The minimum absolute atomic E-state index is 0.00353. The predicted molar refractivity (Wildman–Crippen MR) is 411 cm³/mol. The number of carbonyl (C=O) groups is 12. The number of hydrogen-bond donors (Lipinski definition) is 20. The van der Waals surface area contributed by atoms with Gasteiger partial charge in [0.05, 0.1) is 30.5 Å². The van der Waals surface area contributed by atoms with E-state index in [0.717, 1.165) is 73.8 Å². The van der Waals surface area contributed by atoms with Crippen LogP contribution in [0.15, 0.2) is 54.6 Å². The number of rotatable bonds is 41. The Hall–Kier alpha value is -8.13. The second kappa shape index (κ2) is 48.1. The number of amides is 12. The number of aromatic hydroxyl groups is 1. The quantitative estimate of drug-likeness (QED) is 0.0241. The second-order valence-corrected chi connectivity index (χ2v) is 30.9. The molecule has 0 bridgehead atoms. The highest BCUT2D eigenvalue weighted by Crippen LogP contribution is 2.28. The van der Waals surface area contributed by atoms with Gasteiger partial charge in [-0.25, -0.2) is 0 Å². The van der Waals surface area contributed by atoms with Crippen molar-refractivity contribution in [3.63, 3.8) is 0 Å². The molecular weight excluding hydrogens is 1460 g/mol. The van der Waals surface area contributed by atoms with Crippen molar-refractivity contribution in [2.24, 2.45) is 23.5 Å². The lowest BCUT2D eigenvalue weighted by molar-refractivity contribution is -0.148. The number of nitrogens with two attached hydrogens (primary N) is 1. The van der Waals surface area contributed by atoms with Crippen molar-refractivity contribution >= 4 is 83.2 Å². The van der Waals surface area contributed by atoms with Gasteiger partial charge in [0.15, 0.2) is 0 Å². The molecule has 622 valence electrons. The Morgan fingerprint density at radius 3 is 1.93 bits per heavy atom. The molecular formula is C76H122N14O20S. The van der Waals surface area contributed by atoms with Crippen LogP contribution in [0, 0.1) is 17.8 Å². The number of fused-ring (bicyclic) bond motifs is 2. The van der Waals surface area contributed by atoms with E-state index in [1.165, 1.54) is 23.9 Å². The fourth-order valence-corrected chi connectivity index (χ4v) is 14.3. The summed E-state index contributed by atoms with van der Waals surface area (Å²) in [5, 5.41) is 120. The largest absolute Gasteiger partial charge is 0.508 e. The number of unbranched alkanes of at least 4 members (excludes halogenated alkanes) is 5. The van der Waals surface area contributed by atoms with Crippen LogP contribution in [-0.4, -0.2) is 270 Å². The van der Waals surface area contributed by atoms with Crippen molar-refractivity contribution < 1.29 is 98.4 Å². The summed E-state index contributed by atoms with van der Waals surface area (Å²) >= 11 is 1.47. The molecule has 0 unspecified atom stereocenters. The number of carbonyl (C=O) groups excluding carboxylic acids is 12. The van der Waals surface area contributed by atoms with E-state index in [-0.39, 0.29) is 81.9 Å². The van der Waals surface area contributed by atoms with Gasteiger partial charge in [0.2, 0.25) is 71.4 Å². The normalized spacial score (nSPS) is 24.1. The van der Waals surface area contributed by atoms with Gasteiger partial charge in [-0.05, 0) is 105 Å². The molecule has 0 aliphatic carbocycles. The van der Waals surface area contributed by atoms with Gasteiger partial charge in [0.25, 0.3) is 0 Å². The van der Waals surface area contributed by atoms with Gasteiger partial charge in [0, 0.05) is 64.8 Å². The lowest BCUT2D eigenvalue weighted by atomic mass is 9.91. The molecule has 34 nitrogen and oxygen atoms in total. The lowest BCUT2D eigenvalue weighted by Crippen LogP contribution is -2.65. The van der Waals surface area contributed by atoms with Crippen LogP contribution < -0.4 is 64.2 Å². The van der Waals surface area contributed by atoms with E-state index in [1.54, 1.807) is 30.3 Å². The first kappa shape index (κ1) is 93.5. The molecule has 3 fully saturated rings. The number of nitrogens with zero attached hydrogens (tertiary/aromatic N) is 2. The molecule has 0 aromatic heterocycles. The van der Waals surface area contributed by atoms with E-state index < -0.39 is 201 Å². The molecule has 0 saturated carbocycles. The summed E-state index contributed by atoms with van der Waals surface area (Å²) in [6, 6.07) is -1.69. The summed E-state index contributed by atoms with van der Waals surface area (Å²) in [5.74, 6) is -9.29. The molecule has 19 atom stereocenters. The molecule has 35 heteroatoms. The summed E-state index contributed by atoms with van der Waals surface area (Å²) in [6.07, 6.45) is -6.61. The Morgan fingerprint density at radius 2 is 1.28 bits per heavy atom. The van der Waals surface area contributed by atoms with Crippen LogP contribution in [0.2, 0.25) is 0 Å². The summed E-state index contributed by atoms with van der Waals surface area (Å²) in [4.78, 5) is 171. The number of phenols is 1. The average Bonchev–Trinajstić information content (AvgIpc) is 1.73. The Morgan fingerprint density at radius 1 is 0.640 bits per heavy atom. The SMILES string of the molecule is CC[C@H](C)C[C@H](C)CCCCCCCCC(=O)N[C@H]1C[C@@H](O)[C@@H](NCCNC(=O)CCNC(=O)[C@H](Cc2ccccc2)NC(=O)[C@H](CC(C)C)NC(=O)[C@H](CCSC)NC=O)NC(=O)[C@@H]2[C@@H](O)CCN2C(=O)[C@H]([C@H](O)CCN)NC(=O)[C@H]([C@H](O)[C@@H](O)c2ccc(O)cc2)NC(=O)[C@@H]2C[C@@H](O)CN2C(=O)[C@H]([C@@H](C)O)NC1=O. The number of hydrogen-bond acceptors (Lipinski definition) is 23. The van der Waals surface area contributed by atoms with E-state index >= 15 is 4.79 Å². The zero-order valence-corrected chi connectivity index (χ0v) is 65.7. The van der Waals surface area contributed by atoms with Crippen LogP contribution in [0.3, 0.4) is 0 Å². The highest BCUT2D eigenvalue weighted by atomic mass is 32.2. The van der Waals surface area contributed by atoms with Crippen molar-refractivity contribution in [2.75, 3.05) is 51.3 Å². The van der Waals surface area contributed by atoms with Crippen LogP contribution in [0.1, 0.15) is 168 Å². The van der Waals surface area contributed by atoms with Gasteiger partial charge < -0.3 is 110 Å². The molecule has 2 aromatic rings. The van der Waals surface area contributed by atoms with Gasteiger partial charge in [-0.2, -0.15) is 11.8 Å². The zero-order valence-electron chi connectivity index (χ0n) is 64.9. The zero-order chi connectivity index (χ0) is 82.0. The molecule has 0 radical (unpaired) electrons. The van der Waals surface area contributed by atoms with Gasteiger partial charge in [-0.1, -0.05) is 122 Å². The third-order valence-corrected chi connectivity index (χ3v) is 20.9. The van der Waals surface area contributed by atoms with E-state index in [1.807, 2.05) is 20.1 Å². The maximum atomic E-state index is 15.0. The number of aliphatic hydroxyl groups excluding tert-OH is 7. The molecule has 21 N–H and O–H groups in total. The molecule has 3 aliphatic rings. The molecule has 3 heterocycles. The number of benzene rings is 2. The van der Waals surface area contributed by atoms with E-state index in [2.05, 4.69) is 79.3 Å². The minimum Gasteiger partial charge on any atom is -0.508 e. The highest BCUT2D eigenvalue weighted by molar-refractivity contribution is 7.98. The summed E-state index contributed by atoms with van der Waals surface area (Å²) in [7, 11) is 0. The smallest absolute Gasteiger partial charge is 0.248 e. The van der Waals surface area contributed by atoms with Crippen LogP contribution >= 0.6 is 11.8 Å². The fraction of sp³-hybridized carbons (Fsp3) is 0.684. The molecule has 5 rings (SSSR count). The van der Waals surface area contributed by atoms with Gasteiger partial charge in [0.1, 0.15) is 78.5 Å². The number of aliphatic hydroxyl groups is 7. The maximum Gasteiger partial charge on any atom is 0.248 e. The van der Waals surface area contributed by atoms with Crippen LogP contribution in [-0.2, 0) is 64.0 Å². The van der Waals surface area contributed by atoms with Crippen molar-refractivity contribution in [3.05, 3.63) is 65.7 Å². The Balaban J connectivity index is 1.46. The molecule has 111 heavy (non-hydrogen) atoms. The second-order valence-electron chi connectivity index (χ2n) is 29.9. The molecule has 2 aromatic carbocycles. The van der Waals surface area contributed by atoms with E-state index in [4.69, 9.17) is 5.73 Å². The van der Waals surface area contributed by atoms with Crippen molar-refractivity contribution in [1.82, 2.24) is 68.3 Å². The van der Waals surface area contributed by atoms with Gasteiger partial charge in [-0.3, -0.25) is 62.9 Å². The summed E-state index contributed by atoms with van der Waals surface area (Å²) in [6.45, 7) is 9.29. The molecule has 3 saturated heterocycles. The molecule has 3 aliphatic heterocycles. The number of phenolic OH excluding ortho intramolecular Hbond substituents is 1. The topological polar surface area (TPSA) is 532 Å². The first-order chi connectivity index (χ1) is 52.8. The first-order valence-electron chi connectivity index (χ1n) is 38.8. The predicted octanol–water partition coefficient (Wildman–Crippen LogP) is -2.52. The Kier molecular flexibility index (Phi) is 40.5. The Labute approximate surface area is 653 Å². The van der Waals surface area contributed by atoms with Crippen LogP contribution in [0.4, 0.5) is 0 Å². The maximum absolute atomic E-state index is 15.0. The first-order valence-corrected chi connectivity index (χ1v) is 40.2.